The van der Waals surface area contributed by atoms with Gasteiger partial charge in [-0.3, -0.25) is 0 Å². The number of aromatic amines is 1. The van der Waals surface area contributed by atoms with Crippen molar-refractivity contribution in [3.05, 3.63) is 30.0 Å². The van der Waals surface area contributed by atoms with E-state index in [-0.39, 0.29) is 5.30 Å². The highest BCUT2D eigenvalue weighted by atomic mass is 32.2. The van der Waals surface area contributed by atoms with E-state index in [1.54, 1.807) is 0 Å². The molecule has 1 aliphatic carbocycles. The van der Waals surface area contributed by atoms with Crippen molar-refractivity contribution < 1.29 is 14.4 Å². The third kappa shape index (κ3) is 4.09. The van der Waals surface area contributed by atoms with Gasteiger partial charge in [0.25, 0.3) is 0 Å². The zero-order valence-corrected chi connectivity index (χ0v) is 14.8. The van der Waals surface area contributed by atoms with E-state index in [2.05, 4.69) is 26.0 Å². The van der Waals surface area contributed by atoms with Crippen molar-refractivity contribution in [3.63, 3.8) is 0 Å². The lowest BCUT2D eigenvalue weighted by atomic mass is 10.1. The van der Waals surface area contributed by atoms with Crippen molar-refractivity contribution in [2.45, 2.75) is 31.4 Å². The molecule has 1 aromatic heterocycles. The van der Waals surface area contributed by atoms with E-state index in [1.807, 2.05) is 24.4 Å². The van der Waals surface area contributed by atoms with Gasteiger partial charge in [-0.1, -0.05) is 13.0 Å². The van der Waals surface area contributed by atoms with Gasteiger partial charge >= 0.3 is 5.30 Å². The fourth-order valence-electron chi connectivity index (χ4n) is 2.81. The molecule has 1 heterocycles. The maximum atomic E-state index is 12.2. The Morgan fingerprint density at radius 3 is 2.91 bits per heavy atom. The summed E-state index contributed by atoms with van der Waals surface area (Å²) in [6.07, 6.45) is 5.48. The monoisotopic (exact) mass is 333 g/mol. The van der Waals surface area contributed by atoms with Crippen LogP contribution in [-0.2, 0) is 6.42 Å². The molecule has 0 amide bonds. The number of H-pyrrole nitrogens is 1. The van der Waals surface area contributed by atoms with Crippen LogP contribution in [0.4, 0.5) is 4.79 Å². The second-order valence-electron chi connectivity index (χ2n) is 6.71. The molecule has 0 bridgehead atoms. The largest absolute Gasteiger partial charge is 0.418 e. The molecule has 1 unspecified atom stereocenters. The molecular weight excluding hydrogens is 308 g/mol. The van der Waals surface area contributed by atoms with Crippen LogP contribution in [0.25, 0.3) is 10.9 Å². The molecule has 2 N–H and O–H groups in total. The van der Waals surface area contributed by atoms with Crippen molar-refractivity contribution in [1.82, 2.24) is 4.98 Å². The van der Waals surface area contributed by atoms with Gasteiger partial charge in [-0.25, -0.2) is 4.79 Å². The first-order valence-electron chi connectivity index (χ1n) is 8.31. The van der Waals surface area contributed by atoms with E-state index >= 15 is 0 Å². The first-order chi connectivity index (χ1) is 11.0. The van der Waals surface area contributed by atoms with E-state index in [0.29, 0.717) is 16.9 Å². The summed E-state index contributed by atoms with van der Waals surface area (Å²) < 4.78 is 5.68. The molecule has 1 fully saturated rings. The molecule has 4 nitrogen and oxygen atoms in total. The molecule has 124 valence electrons. The molecule has 0 spiro atoms. The van der Waals surface area contributed by atoms with Gasteiger partial charge in [-0.05, 0) is 48.2 Å². The summed E-state index contributed by atoms with van der Waals surface area (Å²) in [5.74, 6) is 1.36. The number of thioether (sulfide) groups is 1. The molecule has 1 saturated carbocycles. The number of rotatable bonds is 6. The van der Waals surface area contributed by atoms with Crippen molar-refractivity contribution in [1.29, 1.82) is 0 Å². The van der Waals surface area contributed by atoms with E-state index in [0.717, 1.165) is 23.9 Å². The summed E-state index contributed by atoms with van der Waals surface area (Å²) in [5.41, 5.74) is 2.24. The number of fused-ring (bicyclic) bond motifs is 1. The van der Waals surface area contributed by atoms with Crippen LogP contribution in [0.15, 0.2) is 24.4 Å². The topological polar surface area (TPSA) is 46.5 Å². The highest BCUT2D eigenvalue weighted by Gasteiger charge is 2.30. The highest BCUT2D eigenvalue weighted by Crippen LogP contribution is 2.39. The van der Waals surface area contributed by atoms with Crippen molar-refractivity contribution in [2.75, 3.05) is 20.6 Å². The van der Waals surface area contributed by atoms with Crippen LogP contribution < -0.4 is 9.64 Å². The van der Waals surface area contributed by atoms with Crippen LogP contribution in [0.5, 0.6) is 5.75 Å². The summed E-state index contributed by atoms with van der Waals surface area (Å²) in [7, 11) is 4.29. The van der Waals surface area contributed by atoms with Gasteiger partial charge < -0.3 is 14.6 Å². The fourth-order valence-corrected chi connectivity index (χ4v) is 3.72. The molecule has 23 heavy (non-hydrogen) atoms. The predicted octanol–water partition coefficient (Wildman–Crippen LogP) is 2.89. The van der Waals surface area contributed by atoms with Gasteiger partial charge in [0.2, 0.25) is 0 Å². The molecule has 1 aliphatic rings. The summed E-state index contributed by atoms with van der Waals surface area (Å²) in [4.78, 5) is 16.9. The fraction of sp³-hybridized carbons (Fsp3) is 0.500. The molecule has 0 radical (unpaired) electrons. The molecular formula is C18H25N2O2S+. The van der Waals surface area contributed by atoms with E-state index in [1.165, 1.54) is 35.1 Å². The van der Waals surface area contributed by atoms with Crippen molar-refractivity contribution >= 4 is 28.0 Å². The number of hydrogen-bond acceptors (Lipinski definition) is 3. The van der Waals surface area contributed by atoms with E-state index < -0.39 is 0 Å². The molecule has 1 atom stereocenters. The first kappa shape index (κ1) is 16.4. The van der Waals surface area contributed by atoms with Crippen LogP contribution in [0, 0.1) is 5.92 Å². The van der Waals surface area contributed by atoms with Gasteiger partial charge in [-0.2, -0.15) is 0 Å². The second-order valence-corrected chi connectivity index (χ2v) is 8.02. The molecule has 1 aromatic carbocycles. The Labute approximate surface area is 141 Å². The van der Waals surface area contributed by atoms with E-state index in [9.17, 15) is 4.79 Å². The minimum Gasteiger partial charge on any atom is -0.418 e. The van der Waals surface area contributed by atoms with Gasteiger partial charge in [-0.15, -0.1) is 0 Å². The number of nitrogens with one attached hydrogen (secondary N) is 2. The maximum absolute atomic E-state index is 12.2. The second kappa shape index (κ2) is 6.97. The zero-order valence-electron chi connectivity index (χ0n) is 14.0. The first-order valence-corrected chi connectivity index (χ1v) is 9.19. The quantitative estimate of drug-likeness (QED) is 0.799. The summed E-state index contributed by atoms with van der Waals surface area (Å²) in [5, 5.41) is 1.20. The van der Waals surface area contributed by atoms with Crippen molar-refractivity contribution in [2.24, 2.45) is 5.92 Å². The van der Waals surface area contributed by atoms with Crippen LogP contribution in [0.2, 0.25) is 0 Å². The SMILES string of the molecule is CC(SC(=O)Oc1cccc2[nH]cc(CC[NH+](C)C)c12)C1CC1. The molecule has 5 heteroatoms. The van der Waals surface area contributed by atoms with Gasteiger partial charge in [0.15, 0.2) is 0 Å². The number of quaternary nitrogens is 1. The number of likely N-dealkylation sites (N-methyl/N-ethyl adjacent to an activating group) is 1. The minimum atomic E-state index is -0.192. The Morgan fingerprint density at radius 2 is 2.22 bits per heavy atom. The minimum absolute atomic E-state index is 0.192. The average Bonchev–Trinajstić information content (AvgIpc) is 3.26. The standard InChI is InChI=1S/C18H24N2O2S/c1-12(13-7-8-13)23-18(21)22-16-6-4-5-15-17(16)14(11-19-15)9-10-20(2)3/h4-6,11-13,19H,7-10H2,1-3H3/p+1. The predicted molar refractivity (Wildman–Crippen MR) is 95.5 cm³/mol. The van der Waals surface area contributed by atoms with Crippen LogP contribution in [-0.4, -0.2) is 36.2 Å². The van der Waals surface area contributed by atoms with Crippen LogP contribution in [0.3, 0.4) is 0 Å². The molecule has 0 saturated heterocycles. The number of ether oxygens (including phenoxy) is 1. The van der Waals surface area contributed by atoms with Gasteiger partial charge in [0.05, 0.1) is 20.6 Å². The molecule has 2 aromatic rings. The Hall–Kier alpha value is -1.46. The number of carbonyl (C=O) groups is 1. The van der Waals surface area contributed by atoms with Gasteiger partial charge in [0, 0.05) is 28.8 Å². The summed E-state index contributed by atoms with van der Waals surface area (Å²) in [6, 6.07) is 5.85. The van der Waals surface area contributed by atoms with Gasteiger partial charge in [0.1, 0.15) is 5.75 Å². The lowest BCUT2D eigenvalue weighted by Crippen LogP contribution is -3.05. The Morgan fingerprint density at radius 1 is 1.43 bits per heavy atom. The number of benzene rings is 1. The Kier molecular flexibility index (Phi) is 4.97. The molecule has 0 aliphatic heterocycles. The normalized spacial score (nSPS) is 16.0. The third-order valence-electron chi connectivity index (χ3n) is 4.40. The maximum Gasteiger partial charge on any atom is 0.373 e. The van der Waals surface area contributed by atoms with Crippen LogP contribution in [0.1, 0.15) is 25.3 Å². The zero-order chi connectivity index (χ0) is 16.4. The lowest BCUT2D eigenvalue weighted by molar-refractivity contribution is -0.858. The highest BCUT2D eigenvalue weighted by molar-refractivity contribution is 8.13. The van der Waals surface area contributed by atoms with Crippen LogP contribution >= 0.6 is 11.8 Å². The molecule has 3 rings (SSSR count). The summed E-state index contributed by atoms with van der Waals surface area (Å²) >= 11 is 1.32. The number of aromatic nitrogens is 1. The lowest BCUT2D eigenvalue weighted by Gasteiger charge is -2.11. The Bertz CT molecular complexity index is 691. The van der Waals surface area contributed by atoms with E-state index in [4.69, 9.17) is 4.74 Å². The number of hydrogen-bond donors (Lipinski definition) is 2. The number of carbonyl (C=O) groups excluding carboxylic acids is 1. The summed E-state index contributed by atoms with van der Waals surface area (Å²) in [6.45, 7) is 3.16. The van der Waals surface area contributed by atoms with Crippen molar-refractivity contribution in [3.8, 4) is 5.75 Å². The smallest absolute Gasteiger partial charge is 0.373 e. The third-order valence-corrected chi connectivity index (χ3v) is 5.44. The average molecular weight is 333 g/mol. The Balaban J connectivity index is 1.76.